The largest absolute Gasteiger partial charge is 0.319 e. The average molecular weight is 445 g/mol. The number of thioether (sulfide) groups is 1. The second-order valence-electron chi connectivity index (χ2n) is 6.75. The number of aromatic nitrogens is 3. The number of aryl methyl sites for hydroxylation is 1. The number of rotatable bonds is 7. The first-order chi connectivity index (χ1) is 15.2. The summed E-state index contributed by atoms with van der Waals surface area (Å²) < 4.78 is 0. The molecule has 7 heteroatoms. The molecule has 0 spiro atoms. The van der Waals surface area contributed by atoms with Crippen LogP contribution < -0.4 is 5.32 Å². The standard InChI is InChI=1S/C24H20N4OS2/c1-17-9-11-18(12-10-17)16-30-24-26-15-21(31-20-7-3-2-4-8-20)22(28-24)23(29)27-19-6-5-13-25-14-19/h2-15H,16H2,1H3,(H,27,29). The normalized spacial score (nSPS) is 10.6. The molecular weight excluding hydrogens is 424 g/mol. The van der Waals surface area contributed by atoms with Gasteiger partial charge in [-0.05, 0) is 36.8 Å². The van der Waals surface area contributed by atoms with Crippen LogP contribution in [-0.4, -0.2) is 20.9 Å². The summed E-state index contributed by atoms with van der Waals surface area (Å²) >= 11 is 2.98. The number of hydrogen-bond acceptors (Lipinski definition) is 6. The molecule has 0 bridgehead atoms. The van der Waals surface area contributed by atoms with Crippen molar-refractivity contribution >= 4 is 35.1 Å². The Kier molecular flexibility index (Phi) is 6.96. The maximum Gasteiger partial charge on any atom is 0.275 e. The van der Waals surface area contributed by atoms with Gasteiger partial charge in [0.05, 0.1) is 16.8 Å². The SMILES string of the molecule is Cc1ccc(CSc2ncc(Sc3ccccc3)c(C(=O)Nc3cccnc3)n2)cc1. The number of pyridine rings is 1. The van der Waals surface area contributed by atoms with Gasteiger partial charge in [-0.3, -0.25) is 9.78 Å². The Morgan fingerprint density at radius 1 is 0.968 bits per heavy atom. The molecule has 2 heterocycles. The van der Waals surface area contributed by atoms with Crippen LogP contribution >= 0.6 is 23.5 Å². The van der Waals surface area contributed by atoms with E-state index in [1.807, 2.05) is 30.3 Å². The van der Waals surface area contributed by atoms with Crippen LogP contribution in [0.2, 0.25) is 0 Å². The fraction of sp³-hybridized carbons (Fsp3) is 0.0833. The van der Waals surface area contributed by atoms with Crippen LogP contribution in [0.25, 0.3) is 0 Å². The molecule has 5 nitrogen and oxygen atoms in total. The van der Waals surface area contributed by atoms with E-state index in [4.69, 9.17) is 0 Å². The van der Waals surface area contributed by atoms with E-state index in [-0.39, 0.29) is 5.91 Å². The Morgan fingerprint density at radius 2 is 1.77 bits per heavy atom. The van der Waals surface area contributed by atoms with E-state index in [1.165, 1.54) is 34.7 Å². The molecule has 4 aromatic rings. The monoisotopic (exact) mass is 444 g/mol. The zero-order valence-corrected chi connectivity index (χ0v) is 18.5. The molecule has 0 saturated heterocycles. The van der Waals surface area contributed by atoms with Crippen molar-refractivity contribution < 1.29 is 4.79 Å². The summed E-state index contributed by atoms with van der Waals surface area (Å²) in [6.45, 7) is 2.07. The molecule has 2 aromatic carbocycles. The number of carbonyl (C=O) groups excluding carboxylic acids is 1. The summed E-state index contributed by atoms with van der Waals surface area (Å²) in [7, 11) is 0. The highest BCUT2D eigenvalue weighted by atomic mass is 32.2. The van der Waals surface area contributed by atoms with Crippen LogP contribution in [-0.2, 0) is 5.75 Å². The number of nitrogens with one attached hydrogen (secondary N) is 1. The van der Waals surface area contributed by atoms with E-state index >= 15 is 0 Å². The molecule has 0 unspecified atom stereocenters. The highest BCUT2D eigenvalue weighted by molar-refractivity contribution is 7.99. The number of benzene rings is 2. The summed E-state index contributed by atoms with van der Waals surface area (Å²) in [4.78, 5) is 27.9. The Hall–Kier alpha value is -3.16. The molecule has 0 radical (unpaired) electrons. The second kappa shape index (κ2) is 10.2. The minimum atomic E-state index is -0.286. The molecule has 0 aliphatic rings. The lowest BCUT2D eigenvalue weighted by molar-refractivity contribution is 0.101. The minimum Gasteiger partial charge on any atom is -0.319 e. The third kappa shape index (κ3) is 5.93. The van der Waals surface area contributed by atoms with E-state index in [0.29, 0.717) is 21.4 Å². The summed E-state index contributed by atoms with van der Waals surface area (Å²) in [5, 5.41) is 3.44. The Balaban J connectivity index is 1.58. The molecule has 0 atom stereocenters. The zero-order chi connectivity index (χ0) is 21.5. The van der Waals surface area contributed by atoms with Crippen molar-refractivity contribution in [3.63, 3.8) is 0 Å². The molecule has 0 fully saturated rings. The summed E-state index contributed by atoms with van der Waals surface area (Å²) in [6.07, 6.45) is 4.99. The van der Waals surface area contributed by atoms with Crippen LogP contribution in [0.15, 0.2) is 100 Å². The lowest BCUT2D eigenvalue weighted by Gasteiger charge is -2.10. The van der Waals surface area contributed by atoms with Crippen molar-refractivity contribution in [3.05, 3.63) is 102 Å². The summed E-state index contributed by atoms with van der Waals surface area (Å²) in [5.41, 5.74) is 3.37. The Labute approximate surface area is 189 Å². The molecule has 31 heavy (non-hydrogen) atoms. The first kappa shape index (κ1) is 21.1. The number of amides is 1. The van der Waals surface area contributed by atoms with E-state index in [0.717, 1.165) is 10.6 Å². The molecule has 154 valence electrons. The van der Waals surface area contributed by atoms with Crippen molar-refractivity contribution in [2.45, 2.75) is 27.6 Å². The Morgan fingerprint density at radius 3 is 2.52 bits per heavy atom. The van der Waals surface area contributed by atoms with Gasteiger partial charge in [-0.2, -0.15) is 0 Å². The summed E-state index contributed by atoms with van der Waals surface area (Å²) in [5.74, 6) is 0.445. The van der Waals surface area contributed by atoms with E-state index in [9.17, 15) is 4.79 Å². The van der Waals surface area contributed by atoms with Gasteiger partial charge in [0, 0.05) is 23.0 Å². The fourth-order valence-corrected chi connectivity index (χ4v) is 4.40. The van der Waals surface area contributed by atoms with E-state index < -0.39 is 0 Å². The van der Waals surface area contributed by atoms with Crippen molar-refractivity contribution in [2.75, 3.05) is 5.32 Å². The van der Waals surface area contributed by atoms with Crippen molar-refractivity contribution in [1.29, 1.82) is 0 Å². The lowest BCUT2D eigenvalue weighted by Crippen LogP contribution is -2.16. The predicted molar refractivity (Wildman–Crippen MR) is 126 cm³/mol. The quantitative estimate of drug-likeness (QED) is 0.284. The topological polar surface area (TPSA) is 67.8 Å². The van der Waals surface area contributed by atoms with Crippen LogP contribution in [0.3, 0.4) is 0 Å². The van der Waals surface area contributed by atoms with Gasteiger partial charge < -0.3 is 5.32 Å². The van der Waals surface area contributed by atoms with Gasteiger partial charge in [0.1, 0.15) is 5.69 Å². The zero-order valence-electron chi connectivity index (χ0n) is 16.9. The van der Waals surface area contributed by atoms with Gasteiger partial charge in [-0.1, -0.05) is 71.6 Å². The maximum atomic E-state index is 13.0. The average Bonchev–Trinajstić information content (AvgIpc) is 2.81. The Bertz CT molecular complexity index is 1150. The van der Waals surface area contributed by atoms with Crippen molar-refractivity contribution in [2.24, 2.45) is 0 Å². The van der Waals surface area contributed by atoms with Gasteiger partial charge in [0.15, 0.2) is 5.16 Å². The van der Waals surface area contributed by atoms with Gasteiger partial charge in [-0.15, -0.1) is 0 Å². The van der Waals surface area contributed by atoms with Crippen molar-refractivity contribution in [1.82, 2.24) is 15.0 Å². The van der Waals surface area contributed by atoms with Crippen LogP contribution in [0.5, 0.6) is 0 Å². The molecule has 0 aliphatic heterocycles. The van der Waals surface area contributed by atoms with Gasteiger partial charge in [0.25, 0.3) is 5.91 Å². The van der Waals surface area contributed by atoms with Gasteiger partial charge in [0.2, 0.25) is 0 Å². The van der Waals surface area contributed by atoms with E-state index in [2.05, 4.69) is 51.5 Å². The van der Waals surface area contributed by atoms with Crippen molar-refractivity contribution in [3.8, 4) is 0 Å². The smallest absolute Gasteiger partial charge is 0.275 e. The third-order valence-corrected chi connectivity index (χ3v) is 6.29. The molecule has 1 amide bonds. The molecule has 1 N–H and O–H groups in total. The number of anilines is 1. The first-order valence-corrected chi connectivity index (χ1v) is 11.5. The lowest BCUT2D eigenvalue weighted by atomic mass is 10.2. The molecule has 4 rings (SSSR count). The number of carbonyl (C=O) groups is 1. The minimum absolute atomic E-state index is 0.286. The van der Waals surface area contributed by atoms with Crippen LogP contribution in [0, 0.1) is 6.92 Å². The maximum absolute atomic E-state index is 13.0. The molecular formula is C24H20N4OS2. The molecule has 0 saturated carbocycles. The van der Waals surface area contributed by atoms with E-state index in [1.54, 1.807) is 30.7 Å². The molecule has 2 aromatic heterocycles. The van der Waals surface area contributed by atoms with Gasteiger partial charge >= 0.3 is 0 Å². The molecule has 0 aliphatic carbocycles. The highest BCUT2D eigenvalue weighted by Gasteiger charge is 2.17. The third-order valence-electron chi connectivity index (χ3n) is 4.33. The highest BCUT2D eigenvalue weighted by Crippen LogP contribution is 2.31. The summed E-state index contributed by atoms with van der Waals surface area (Å²) in [6, 6.07) is 21.8. The number of hydrogen-bond donors (Lipinski definition) is 1. The van der Waals surface area contributed by atoms with Crippen LogP contribution in [0.1, 0.15) is 21.6 Å². The fourth-order valence-electron chi connectivity index (χ4n) is 2.74. The van der Waals surface area contributed by atoms with Crippen LogP contribution in [0.4, 0.5) is 5.69 Å². The van der Waals surface area contributed by atoms with Gasteiger partial charge in [-0.25, -0.2) is 9.97 Å². The number of nitrogens with zero attached hydrogens (tertiary/aromatic N) is 3. The second-order valence-corrected chi connectivity index (χ2v) is 8.81. The first-order valence-electron chi connectivity index (χ1n) is 9.67. The predicted octanol–water partition coefficient (Wildman–Crippen LogP) is 5.88.